The van der Waals surface area contributed by atoms with Crippen molar-refractivity contribution >= 4 is 50.3 Å². The summed E-state index contributed by atoms with van der Waals surface area (Å²) in [7, 11) is 0. The number of amides is 2. The number of aromatic nitrogens is 2. The third-order valence-electron chi connectivity index (χ3n) is 6.93. The second-order valence-corrected chi connectivity index (χ2v) is 11.9. The summed E-state index contributed by atoms with van der Waals surface area (Å²) in [5.41, 5.74) is 3.34. The molecule has 0 saturated carbocycles. The lowest BCUT2D eigenvalue weighted by atomic mass is 10.1. The van der Waals surface area contributed by atoms with Gasteiger partial charge in [-0.25, -0.2) is 9.37 Å². The van der Waals surface area contributed by atoms with Crippen LogP contribution in [0, 0.1) is 17.1 Å². The maximum Gasteiger partial charge on any atom is 0.261 e. The second kappa shape index (κ2) is 12.4. The molecule has 0 unspecified atom stereocenters. The number of carbonyl (C=O) groups is 2. The maximum atomic E-state index is 13.9. The van der Waals surface area contributed by atoms with Crippen LogP contribution in [0.3, 0.4) is 0 Å². The summed E-state index contributed by atoms with van der Waals surface area (Å²) >= 11 is 2.98. The Morgan fingerprint density at radius 1 is 1.02 bits per heavy atom. The molecular weight excluding hydrogens is 582 g/mol. The van der Waals surface area contributed by atoms with E-state index in [2.05, 4.69) is 16.4 Å². The zero-order chi connectivity index (χ0) is 29.8. The Balaban J connectivity index is 1.29. The zero-order valence-electron chi connectivity index (χ0n) is 22.7. The molecule has 0 atom stereocenters. The molecule has 0 bridgehead atoms. The molecule has 0 aliphatic carbocycles. The number of hydrogen-bond acceptors (Lipinski definition) is 6. The lowest BCUT2D eigenvalue weighted by Crippen LogP contribution is -2.31. The van der Waals surface area contributed by atoms with Crippen molar-refractivity contribution in [2.45, 2.75) is 19.6 Å². The van der Waals surface area contributed by atoms with E-state index in [0.717, 1.165) is 26.2 Å². The molecule has 7 nitrogen and oxygen atoms in total. The van der Waals surface area contributed by atoms with Gasteiger partial charge in [0, 0.05) is 33.6 Å². The molecule has 2 amide bonds. The van der Waals surface area contributed by atoms with Gasteiger partial charge in [-0.15, -0.1) is 22.7 Å². The van der Waals surface area contributed by atoms with Crippen molar-refractivity contribution in [3.8, 4) is 6.07 Å². The van der Waals surface area contributed by atoms with Gasteiger partial charge in [0.25, 0.3) is 11.8 Å². The van der Waals surface area contributed by atoms with Gasteiger partial charge in [0.2, 0.25) is 0 Å². The van der Waals surface area contributed by atoms with Crippen molar-refractivity contribution in [3.05, 3.63) is 141 Å². The van der Waals surface area contributed by atoms with Crippen LogP contribution in [0.1, 0.15) is 41.7 Å². The SMILES string of the molecule is N#Cc1ccc(Cn2cncc2CN(C(=O)c2ccc(F)cc2)c2ccc3sc(C(=O)NCc4cccs4)cc3c2)cc1. The summed E-state index contributed by atoms with van der Waals surface area (Å²) in [6.45, 7) is 1.18. The number of nitrogens with one attached hydrogen (secondary N) is 1. The highest BCUT2D eigenvalue weighted by atomic mass is 32.1. The first-order valence-corrected chi connectivity index (χ1v) is 15.1. The number of hydrogen-bond donors (Lipinski definition) is 1. The number of imidazole rings is 1. The lowest BCUT2D eigenvalue weighted by molar-refractivity contribution is 0.0953. The van der Waals surface area contributed by atoms with Gasteiger partial charge in [0.1, 0.15) is 5.82 Å². The van der Waals surface area contributed by atoms with E-state index in [1.54, 1.807) is 40.9 Å². The molecule has 0 radical (unpaired) electrons. The number of rotatable bonds is 9. The number of nitriles is 1. The highest BCUT2D eigenvalue weighted by Gasteiger charge is 2.21. The van der Waals surface area contributed by atoms with E-state index in [-0.39, 0.29) is 18.4 Å². The molecule has 6 rings (SSSR count). The van der Waals surface area contributed by atoms with Crippen molar-refractivity contribution in [1.82, 2.24) is 14.9 Å². The fraction of sp³-hybridized carbons (Fsp3) is 0.0909. The van der Waals surface area contributed by atoms with Crippen LogP contribution in [-0.2, 0) is 19.6 Å². The molecule has 0 spiro atoms. The third-order valence-corrected chi connectivity index (χ3v) is 8.92. The summed E-state index contributed by atoms with van der Waals surface area (Å²) in [6, 6.07) is 26.3. The molecule has 0 aliphatic heterocycles. The molecule has 1 N–H and O–H groups in total. The predicted octanol–water partition coefficient (Wildman–Crippen LogP) is 7.00. The molecule has 0 aliphatic rings. The molecule has 0 fully saturated rings. The normalized spacial score (nSPS) is 10.9. The minimum absolute atomic E-state index is 0.151. The molecule has 10 heteroatoms. The number of fused-ring (bicyclic) bond motifs is 1. The van der Waals surface area contributed by atoms with Crippen molar-refractivity contribution in [2.75, 3.05) is 4.90 Å². The van der Waals surface area contributed by atoms with Gasteiger partial charge in [0.05, 0.1) is 41.6 Å². The van der Waals surface area contributed by atoms with E-state index in [1.165, 1.54) is 35.6 Å². The van der Waals surface area contributed by atoms with Crippen LogP contribution >= 0.6 is 22.7 Å². The van der Waals surface area contributed by atoms with Crippen LogP contribution in [0.15, 0.2) is 103 Å². The monoisotopic (exact) mass is 605 g/mol. The Hall–Kier alpha value is -5.11. The average molecular weight is 606 g/mol. The van der Waals surface area contributed by atoms with Crippen molar-refractivity contribution < 1.29 is 14.0 Å². The van der Waals surface area contributed by atoms with Crippen molar-refractivity contribution in [3.63, 3.8) is 0 Å². The fourth-order valence-corrected chi connectivity index (χ4v) is 6.28. The highest BCUT2D eigenvalue weighted by Crippen LogP contribution is 2.31. The topological polar surface area (TPSA) is 91.0 Å². The van der Waals surface area contributed by atoms with E-state index in [4.69, 9.17) is 5.26 Å². The Morgan fingerprint density at radius 2 is 1.84 bits per heavy atom. The first kappa shape index (κ1) is 28.0. The van der Waals surface area contributed by atoms with E-state index in [9.17, 15) is 14.0 Å². The van der Waals surface area contributed by atoms with E-state index < -0.39 is 5.82 Å². The molecular formula is C33H24FN5O2S2. The van der Waals surface area contributed by atoms with Crippen LogP contribution in [0.4, 0.5) is 10.1 Å². The standard InChI is InChI=1S/C33H24FN5O2S2/c34-26-9-7-24(8-10-26)33(41)39(20-28-17-36-21-38(28)19-23-5-3-22(16-35)4-6-23)27-11-12-30-25(14-27)15-31(43-30)32(40)37-18-29-2-1-13-42-29/h1-15,17,21H,18-20H2,(H,37,40). The Morgan fingerprint density at radius 3 is 2.58 bits per heavy atom. The number of thiophene rings is 2. The number of nitrogens with zero attached hydrogens (tertiary/aromatic N) is 4. The molecule has 3 aromatic carbocycles. The van der Waals surface area contributed by atoms with Crippen LogP contribution in [-0.4, -0.2) is 21.4 Å². The summed E-state index contributed by atoms with van der Waals surface area (Å²) in [6.07, 6.45) is 3.42. The molecule has 212 valence electrons. The molecule has 43 heavy (non-hydrogen) atoms. The summed E-state index contributed by atoms with van der Waals surface area (Å²) in [5, 5.41) is 14.9. The zero-order valence-corrected chi connectivity index (χ0v) is 24.4. The van der Waals surface area contributed by atoms with Crippen molar-refractivity contribution in [2.24, 2.45) is 0 Å². The summed E-state index contributed by atoms with van der Waals surface area (Å²) < 4.78 is 16.5. The van der Waals surface area contributed by atoms with E-state index >= 15 is 0 Å². The van der Waals surface area contributed by atoms with Gasteiger partial charge in [-0.2, -0.15) is 5.26 Å². The fourth-order valence-electron chi connectivity index (χ4n) is 4.67. The van der Waals surface area contributed by atoms with Gasteiger partial charge in [-0.1, -0.05) is 18.2 Å². The van der Waals surface area contributed by atoms with Crippen LogP contribution in [0.25, 0.3) is 10.1 Å². The van der Waals surface area contributed by atoms with Crippen LogP contribution in [0.2, 0.25) is 0 Å². The van der Waals surface area contributed by atoms with Crippen LogP contribution in [0.5, 0.6) is 0 Å². The average Bonchev–Trinajstić information content (AvgIpc) is 3.80. The summed E-state index contributed by atoms with van der Waals surface area (Å²) in [4.78, 5) is 34.3. The first-order valence-electron chi connectivity index (χ1n) is 13.4. The van der Waals surface area contributed by atoms with Gasteiger partial charge in [-0.3, -0.25) is 9.59 Å². The molecule has 3 aromatic heterocycles. The number of halogens is 1. The Bertz CT molecular complexity index is 1940. The Kier molecular flexibility index (Phi) is 8.09. The summed E-state index contributed by atoms with van der Waals surface area (Å²) in [5.74, 6) is -0.870. The Labute approximate surface area is 255 Å². The minimum Gasteiger partial charge on any atom is -0.346 e. The minimum atomic E-state index is -0.423. The van der Waals surface area contributed by atoms with Crippen molar-refractivity contribution in [1.29, 1.82) is 5.26 Å². The first-order chi connectivity index (χ1) is 21.0. The van der Waals surface area contributed by atoms with Gasteiger partial charge < -0.3 is 14.8 Å². The predicted molar refractivity (Wildman–Crippen MR) is 167 cm³/mol. The number of benzene rings is 3. The van der Waals surface area contributed by atoms with E-state index in [1.807, 2.05) is 58.5 Å². The molecule has 0 saturated heterocycles. The number of carbonyl (C=O) groups excluding carboxylic acids is 2. The van der Waals surface area contributed by atoms with Gasteiger partial charge in [-0.05, 0) is 83.1 Å². The van der Waals surface area contributed by atoms with Crippen LogP contribution < -0.4 is 10.2 Å². The van der Waals surface area contributed by atoms with Gasteiger partial charge in [0.15, 0.2) is 0 Å². The smallest absolute Gasteiger partial charge is 0.261 e. The second-order valence-electron chi connectivity index (χ2n) is 9.81. The third kappa shape index (κ3) is 6.38. The molecule has 6 aromatic rings. The largest absolute Gasteiger partial charge is 0.346 e. The maximum absolute atomic E-state index is 13.9. The molecule has 3 heterocycles. The quantitative estimate of drug-likeness (QED) is 0.192. The lowest BCUT2D eigenvalue weighted by Gasteiger charge is -2.24. The van der Waals surface area contributed by atoms with Gasteiger partial charge >= 0.3 is 0 Å². The number of anilines is 1. The van der Waals surface area contributed by atoms with E-state index in [0.29, 0.717) is 34.8 Å². The highest BCUT2D eigenvalue weighted by molar-refractivity contribution is 7.20.